The maximum atomic E-state index is 11.9. The fraction of sp³-hybridized carbons (Fsp3) is 0.633. The number of aliphatic hydroxyl groups is 1. The van der Waals surface area contributed by atoms with Crippen LogP contribution in [-0.2, 0) is 4.79 Å². The zero-order valence-electron chi connectivity index (χ0n) is 21.1. The quantitative estimate of drug-likeness (QED) is 0.489. The van der Waals surface area contributed by atoms with E-state index in [9.17, 15) is 15.0 Å². The maximum Gasteiger partial charge on any atom is 0.307 e. The van der Waals surface area contributed by atoms with Gasteiger partial charge >= 0.3 is 5.97 Å². The third kappa shape index (κ3) is 3.56. The number of aliphatic carboxylic acids is 1. The molecule has 4 aliphatic carbocycles. The lowest BCUT2D eigenvalue weighted by Crippen LogP contribution is -2.52. The van der Waals surface area contributed by atoms with E-state index >= 15 is 0 Å². The van der Waals surface area contributed by atoms with Crippen LogP contribution in [0.1, 0.15) is 77.7 Å². The first-order valence-corrected chi connectivity index (χ1v) is 13.2. The molecule has 0 spiro atoms. The second kappa shape index (κ2) is 8.55. The first-order valence-electron chi connectivity index (χ1n) is 13.2. The minimum atomic E-state index is -0.731. The second-order valence-electron chi connectivity index (χ2n) is 11.8. The highest BCUT2D eigenvalue weighted by molar-refractivity contribution is 5.82. The van der Waals surface area contributed by atoms with Crippen molar-refractivity contribution in [3.63, 3.8) is 0 Å². The smallest absolute Gasteiger partial charge is 0.307 e. The number of carboxylic acid groups (broad SMARTS) is 1. The second-order valence-corrected chi connectivity index (χ2v) is 11.8. The van der Waals surface area contributed by atoms with Crippen LogP contribution < -0.4 is 4.74 Å². The molecule has 5 rings (SSSR count). The van der Waals surface area contributed by atoms with Gasteiger partial charge in [-0.15, -0.1) is 0 Å². The van der Waals surface area contributed by atoms with Crippen LogP contribution in [0, 0.1) is 34.5 Å². The van der Waals surface area contributed by atoms with Gasteiger partial charge in [-0.2, -0.15) is 0 Å². The van der Waals surface area contributed by atoms with Crippen molar-refractivity contribution < 1.29 is 19.7 Å². The lowest BCUT2D eigenvalue weighted by molar-refractivity contribution is -0.136. The first kappa shape index (κ1) is 23.7. The summed E-state index contributed by atoms with van der Waals surface area (Å²) in [7, 11) is 1.68. The van der Waals surface area contributed by atoms with Gasteiger partial charge in [0.1, 0.15) is 5.75 Å². The number of benzene rings is 1. The van der Waals surface area contributed by atoms with E-state index in [2.05, 4.69) is 39.0 Å². The average molecular weight is 465 g/mol. The molecule has 1 aromatic rings. The van der Waals surface area contributed by atoms with Crippen molar-refractivity contribution in [3.8, 4) is 5.75 Å². The number of aliphatic hydroxyl groups excluding tert-OH is 1. The Morgan fingerprint density at radius 3 is 2.41 bits per heavy atom. The molecular formula is C30H40O4. The number of carbonyl (C=O) groups is 1. The van der Waals surface area contributed by atoms with Crippen LogP contribution in [0.25, 0.3) is 5.57 Å². The van der Waals surface area contributed by atoms with E-state index in [-0.39, 0.29) is 23.4 Å². The number of hydrogen-bond acceptors (Lipinski definition) is 3. The van der Waals surface area contributed by atoms with Gasteiger partial charge in [-0.3, -0.25) is 4.79 Å². The van der Waals surface area contributed by atoms with Crippen LogP contribution in [0.15, 0.2) is 41.5 Å². The summed E-state index contributed by atoms with van der Waals surface area (Å²) in [6.45, 7) is 7.18. The zero-order valence-corrected chi connectivity index (χ0v) is 21.1. The number of hydrogen-bond donors (Lipinski definition) is 2. The van der Waals surface area contributed by atoms with Crippen molar-refractivity contribution >= 4 is 11.5 Å². The van der Waals surface area contributed by atoms with E-state index in [1.807, 2.05) is 12.1 Å². The highest BCUT2D eigenvalue weighted by Crippen LogP contribution is 2.69. The van der Waals surface area contributed by atoms with Crippen molar-refractivity contribution in [2.45, 2.75) is 78.2 Å². The molecule has 0 saturated heterocycles. The van der Waals surface area contributed by atoms with Crippen LogP contribution >= 0.6 is 0 Å². The average Bonchev–Trinajstić information content (AvgIpc) is 3.10. The van der Waals surface area contributed by atoms with Gasteiger partial charge in [-0.25, -0.2) is 0 Å². The summed E-state index contributed by atoms with van der Waals surface area (Å²) in [6.07, 6.45) is 9.56. The fourth-order valence-electron chi connectivity index (χ4n) is 8.61. The first-order chi connectivity index (χ1) is 16.2. The van der Waals surface area contributed by atoms with Crippen LogP contribution in [0.4, 0.5) is 0 Å². The molecular weight excluding hydrogens is 424 g/mol. The van der Waals surface area contributed by atoms with E-state index in [4.69, 9.17) is 4.74 Å². The summed E-state index contributed by atoms with van der Waals surface area (Å²) in [5.41, 5.74) is 5.23. The van der Waals surface area contributed by atoms with Gasteiger partial charge in [-0.1, -0.05) is 50.1 Å². The number of methoxy groups -OCH3 is 1. The number of fused-ring (bicyclic) bond motifs is 5. The summed E-state index contributed by atoms with van der Waals surface area (Å²) in [5.74, 6) is 2.24. The molecule has 2 N–H and O–H groups in total. The number of ether oxygens (including phenoxy) is 1. The molecule has 4 aliphatic rings. The Labute approximate surface area is 204 Å². The van der Waals surface area contributed by atoms with Gasteiger partial charge in [0.25, 0.3) is 0 Å². The van der Waals surface area contributed by atoms with E-state index in [0.29, 0.717) is 23.7 Å². The molecule has 2 saturated carbocycles. The van der Waals surface area contributed by atoms with Crippen LogP contribution in [0.2, 0.25) is 0 Å². The molecule has 0 radical (unpaired) electrons. The van der Waals surface area contributed by atoms with Gasteiger partial charge in [0.15, 0.2) is 0 Å². The SMILES string of the molecule is CC[C@H]1C=C2C[C@H](O)CC[C@]2(C)[C@H]2CC[C@]3(C)C(c4ccc(OC)cc4)=C(CC(=O)O)C[C@H]3[C@H]12. The number of rotatable bonds is 5. The molecule has 0 amide bonds. The maximum absolute atomic E-state index is 11.9. The third-order valence-electron chi connectivity index (χ3n) is 10.2. The standard InChI is InChI=1S/C30H40O4/c1-5-18-14-21-17-22(31)10-12-29(21,2)24-11-13-30(3)25(27(18)24)15-20(16-26(32)33)28(30)19-6-8-23(34-4)9-7-19/h6-9,14,18,22,24-25,27,31H,5,10-13,15-17H2,1-4H3,(H,32,33)/t18-,22+,24-,25-,27+,29-,30-/m0/s1. The summed E-state index contributed by atoms with van der Waals surface area (Å²) in [5, 5.41) is 20.2. The third-order valence-corrected chi connectivity index (χ3v) is 10.2. The van der Waals surface area contributed by atoms with Crippen LogP contribution in [0.5, 0.6) is 5.75 Å². The van der Waals surface area contributed by atoms with E-state index in [0.717, 1.165) is 55.4 Å². The van der Waals surface area contributed by atoms with Crippen molar-refractivity contribution in [2.75, 3.05) is 7.11 Å². The van der Waals surface area contributed by atoms with Gasteiger partial charge in [-0.05, 0) is 103 Å². The Morgan fingerprint density at radius 2 is 1.76 bits per heavy atom. The highest BCUT2D eigenvalue weighted by Gasteiger charge is 2.60. The number of allylic oxidation sites excluding steroid dienone is 2. The Balaban J connectivity index is 1.58. The monoisotopic (exact) mass is 464 g/mol. The molecule has 0 bridgehead atoms. The van der Waals surface area contributed by atoms with Gasteiger partial charge in [0.2, 0.25) is 0 Å². The summed E-state index contributed by atoms with van der Waals surface area (Å²) >= 11 is 0. The van der Waals surface area contributed by atoms with Crippen molar-refractivity contribution in [1.82, 2.24) is 0 Å². The predicted octanol–water partition coefficient (Wildman–Crippen LogP) is 6.49. The molecule has 4 nitrogen and oxygen atoms in total. The summed E-state index contributed by atoms with van der Waals surface area (Å²) < 4.78 is 5.39. The molecule has 4 heteroatoms. The van der Waals surface area contributed by atoms with E-state index < -0.39 is 5.97 Å². The lowest BCUT2D eigenvalue weighted by Gasteiger charge is -2.60. The molecule has 0 aliphatic heterocycles. The molecule has 7 atom stereocenters. The minimum absolute atomic E-state index is 0.0101. The van der Waals surface area contributed by atoms with Gasteiger partial charge in [0.05, 0.1) is 19.6 Å². The zero-order chi connectivity index (χ0) is 24.3. The minimum Gasteiger partial charge on any atom is -0.497 e. The van der Waals surface area contributed by atoms with E-state index in [1.165, 1.54) is 17.6 Å². The van der Waals surface area contributed by atoms with Crippen LogP contribution in [-0.4, -0.2) is 29.4 Å². The molecule has 34 heavy (non-hydrogen) atoms. The molecule has 0 heterocycles. The van der Waals surface area contributed by atoms with Crippen molar-refractivity contribution in [2.24, 2.45) is 34.5 Å². The Bertz CT molecular complexity index is 1020. The topological polar surface area (TPSA) is 66.8 Å². The lowest BCUT2D eigenvalue weighted by atomic mass is 9.45. The molecule has 2 fully saturated rings. The summed E-state index contributed by atoms with van der Waals surface area (Å²) in [4.78, 5) is 11.9. The molecule has 0 aromatic heterocycles. The molecule has 0 unspecified atom stereocenters. The van der Waals surface area contributed by atoms with E-state index in [1.54, 1.807) is 7.11 Å². The highest BCUT2D eigenvalue weighted by atomic mass is 16.5. The van der Waals surface area contributed by atoms with Crippen LogP contribution in [0.3, 0.4) is 0 Å². The fourth-order valence-corrected chi connectivity index (χ4v) is 8.61. The Hall–Kier alpha value is -2.07. The number of carboxylic acids is 1. The van der Waals surface area contributed by atoms with Gasteiger partial charge in [0, 0.05) is 0 Å². The summed E-state index contributed by atoms with van der Waals surface area (Å²) in [6, 6.07) is 8.25. The predicted molar refractivity (Wildman–Crippen MR) is 134 cm³/mol. The molecule has 184 valence electrons. The Kier molecular flexibility index (Phi) is 5.95. The Morgan fingerprint density at radius 1 is 1.06 bits per heavy atom. The largest absolute Gasteiger partial charge is 0.497 e. The van der Waals surface area contributed by atoms with Crippen molar-refractivity contribution in [3.05, 3.63) is 47.1 Å². The van der Waals surface area contributed by atoms with Crippen molar-refractivity contribution in [1.29, 1.82) is 0 Å². The molecule has 1 aromatic carbocycles. The normalized spacial score (nSPS) is 39.1. The van der Waals surface area contributed by atoms with Gasteiger partial charge < -0.3 is 14.9 Å².